The van der Waals surface area contributed by atoms with Crippen LogP contribution in [-0.2, 0) is 5.41 Å². The molecule has 2 heterocycles. The van der Waals surface area contributed by atoms with Crippen molar-refractivity contribution < 1.29 is 5.11 Å². The minimum atomic E-state index is 0.0149. The molecule has 0 saturated carbocycles. The van der Waals surface area contributed by atoms with Gasteiger partial charge in [-0.2, -0.15) is 0 Å². The zero-order valence-electron chi connectivity index (χ0n) is 13.6. The summed E-state index contributed by atoms with van der Waals surface area (Å²) in [4.78, 5) is 9.01. The Kier molecular flexibility index (Phi) is 3.87. The van der Waals surface area contributed by atoms with Crippen molar-refractivity contribution in [3.8, 4) is 28.4 Å². The molecule has 23 heavy (non-hydrogen) atoms. The molecule has 2 aromatic heterocycles. The van der Waals surface area contributed by atoms with Gasteiger partial charge in [0, 0.05) is 11.8 Å². The highest BCUT2D eigenvalue weighted by Gasteiger charge is 2.17. The average molecular weight is 304 g/mol. The Balaban J connectivity index is 2.09. The lowest BCUT2D eigenvalue weighted by Gasteiger charge is -2.20. The highest BCUT2D eigenvalue weighted by atomic mass is 16.3. The molecule has 0 amide bonds. The standard InChI is InChI=1S/C20H20N2O/c1-20(2,3)14-10-11-19(23)15(13-14)16-8-6-9-18(22-16)17-7-4-5-12-21-17/h4-13,23H,1-3H3. The number of pyridine rings is 2. The van der Waals surface area contributed by atoms with E-state index in [9.17, 15) is 5.11 Å². The summed E-state index contributed by atoms with van der Waals surface area (Å²) in [6, 6.07) is 17.2. The molecule has 3 rings (SSSR count). The predicted octanol–water partition coefficient (Wildman–Crippen LogP) is 4.81. The quantitative estimate of drug-likeness (QED) is 0.738. The van der Waals surface area contributed by atoms with Gasteiger partial charge in [-0.15, -0.1) is 0 Å². The summed E-state index contributed by atoms with van der Waals surface area (Å²) >= 11 is 0. The molecular formula is C20H20N2O. The fraction of sp³-hybridized carbons (Fsp3) is 0.200. The second-order valence-electron chi connectivity index (χ2n) is 6.60. The molecule has 3 heteroatoms. The lowest BCUT2D eigenvalue weighted by molar-refractivity contribution is 0.476. The van der Waals surface area contributed by atoms with Crippen molar-refractivity contribution >= 4 is 0 Å². The summed E-state index contributed by atoms with van der Waals surface area (Å²) < 4.78 is 0. The van der Waals surface area contributed by atoms with Gasteiger partial charge in [-0.25, -0.2) is 4.98 Å². The summed E-state index contributed by atoms with van der Waals surface area (Å²) in [5, 5.41) is 10.3. The number of aromatic hydroxyl groups is 1. The lowest BCUT2D eigenvalue weighted by Crippen LogP contribution is -2.10. The van der Waals surface area contributed by atoms with Crippen LogP contribution < -0.4 is 0 Å². The SMILES string of the molecule is CC(C)(C)c1ccc(O)c(-c2cccc(-c3ccccn3)n2)c1. The third kappa shape index (κ3) is 3.24. The molecular weight excluding hydrogens is 284 g/mol. The Morgan fingerprint density at radius 1 is 0.826 bits per heavy atom. The van der Waals surface area contributed by atoms with Crippen LogP contribution in [0.4, 0.5) is 0 Å². The van der Waals surface area contributed by atoms with Crippen LogP contribution in [0.3, 0.4) is 0 Å². The van der Waals surface area contributed by atoms with Crippen molar-refractivity contribution in [3.05, 3.63) is 66.4 Å². The molecule has 0 aliphatic heterocycles. The third-order valence-corrected chi connectivity index (χ3v) is 3.81. The van der Waals surface area contributed by atoms with E-state index in [1.807, 2.05) is 48.5 Å². The van der Waals surface area contributed by atoms with Gasteiger partial charge in [0.25, 0.3) is 0 Å². The monoisotopic (exact) mass is 304 g/mol. The smallest absolute Gasteiger partial charge is 0.124 e. The molecule has 0 fully saturated rings. The zero-order chi connectivity index (χ0) is 16.4. The number of benzene rings is 1. The van der Waals surface area contributed by atoms with Crippen LogP contribution in [0.25, 0.3) is 22.6 Å². The first-order valence-corrected chi connectivity index (χ1v) is 7.67. The largest absolute Gasteiger partial charge is 0.507 e. The van der Waals surface area contributed by atoms with E-state index in [1.54, 1.807) is 12.3 Å². The van der Waals surface area contributed by atoms with Crippen LogP contribution in [0.1, 0.15) is 26.3 Å². The van der Waals surface area contributed by atoms with Crippen LogP contribution in [0, 0.1) is 0 Å². The Morgan fingerprint density at radius 3 is 2.26 bits per heavy atom. The Labute approximate surface area is 136 Å². The van der Waals surface area contributed by atoms with E-state index in [1.165, 1.54) is 0 Å². The van der Waals surface area contributed by atoms with Gasteiger partial charge in [0.2, 0.25) is 0 Å². The van der Waals surface area contributed by atoms with Crippen molar-refractivity contribution in [3.63, 3.8) is 0 Å². The van der Waals surface area contributed by atoms with Crippen LogP contribution in [0.2, 0.25) is 0 Å². The van der Waals surface area contributed by atoms with E-state index in [0.717, 1.165) is 28.2 Å². The Hall–Kier alpha value is -2.68. The summed E-state index contributed by atoms with van der Waals surface area (Å²) in [5.41, 5.74) is 4.29. The summed E-state index contributed by atoms with van der Waals surface area (Å²) in [5.74, 6) is 0.240. The first kappa shape index (κ1) is 15.2. The molecule has 0 bridgehead atoms. The molecule has 0 aliphatic carbocycles. The van der Waals surface area contributed by atoms with Gasteiger partial charge in [0.15, 0.2) is 0 Å². The lowest BCUT2D eigenvalue weighted by atomic mass is 9.85. The van der Waals surface area contributed by atoms with Crippen molar-refractivity contribution in [1.29, 1.82) is 0 Å². The molecule has 0 atom stereocenters. The average Bonchev–Trinajstić information content (AvgIpc) is 2.55. The number of aromatic nitrogens is 2. The molecule has 0 unspecified atom stereocenters. The van der Waals surface area contributed by atoms with E-state index in [0.29, 0.717) is 0 Å². The zero-order valence-corrected chi connectivity index (χ0v) is 13.6. The first-order chi connectivity index (χ1) is 10.9. The second kappa shape index (κ2) is 5.84. The molecule has 0 spiro atoms. The normalized spacial score (nSPS) is 11.4. The molecule has 1 aromatic carbocycles. The highest BCUT2D eigenvalue weighted by molar-refractivity contribution is 5.70. The third-order valence-electron chi connectivity index (χ3n) is 3.81. The van der Waals surface area contributed by atoms with Crippen molar-refractivity contribution in [2.24, 2.45) is 0 Å². The van der Waals surface area contributed by atoms with Gasteiger partial charge in [0.05, 0.1) is 17.1 Å². The van der Waals surface area contributed by atoms with Gasteiger partial charge >= 0.3 is 0 Å². The summed E-state index contributed by atoms with van der Waals surface area (Å²) in [7, 11) is 0. The van der Waals surface area contributed by atoms with Crippen molar-refractivity contribution in [2.75, 3.05) is 0 Å². The molecule has 0 saturated heterocycles. The molecule has 0 aliphatic rings. The van der Waals surface area contributed by atoms with Crippen LogP contribution >= 0.6 is 0 Å². The number of nitrogens with zero attached hydrogens (tertiary/aromatic N) is 2. The number of hydrogen-bond acceptors (Lipinski definition) is 3. The van der Waals surface area contributed by atoms with Crippen LogP contribution in [0.5, 0.6) is 5.75 Å². The summed E-state index contributed by atoms with van der Waals surface area (Å²) in [6.45, 7) is 6.46. The maximum absolute atomic E-state index is 10.3. The maximum atomic E-state index is 10.3. The topological polar surface area (TPSA) is 46.0 Å². The van der Waals surface area contributed by atoms with Crippen LogP contribution in [0.15, 0.2) is 60.8 Å². The molecule has 116 valence electrons. The first-order valence-electron chi connectivity index (χ1n) is 7.67. The maximum Gasteiger partial charge on any atom is 0.124 e. The highest BCUT2D eigenvalue weighted by Crippen LogP contribution is 2.33. The minimum absolute atomic E-state index is 0.0149. The van der Waals surface area contributed by atoms with Gasteiger partial charge in [-0.3, -0.25) is 4.98 Å². The van der Waals surface area contributed by atoms with Crippen molar-refractivity contribution in [1.82, 2.24) is 9.97 Å². The number of phenolic OH excluding ortho intramolecular Hbond substituents is 1. The van der Waals surface area contributed by atoms with Crippen LogP contribution in [-0.4, -0.2) is 15.1 Å². The van der Waals surface area contributed by atoms with E-state index < -0.39 is 0 Å². The summed E-state index contributed by atoms with van der Waals surface area (Å²) in [6.07, 6.45) is 1.75. The molecule has 3 nitrogen and oxygen atoms in total. The fourth-order valence-electron chi connectivity index (χ4n) is 2.45. The Morgan fingerprint density at radius 2 is 1.57 bits per heavy atom. The fourth-order valence-corrected chi connectivity index (χ4v) is 2.45. The van der Waals surface area contributed by atoms with Gasteiger partial charge < -0.3 is 5.11 Å². The van der Waals surface area contributed by atoms with Gasteiger partial charge in [-0.1, -0.05) is 39.0 Å². The second-order valence-corrected chi connectivity index (χ2v) is 6.60. The molecule has 0 radical (unpaired) electrons. The van der Waals surface area contributed by atoms with Crippen molar-refractivity contribution in [2.45, 2.75) is 26.2 Å². The van der Waals surface area contributed by atoms with E-state index in [2.05, 4.69) is 30.7 Å². The minimum Gasteiger partial charge on any atom is -0.507 e. The van der Waals surface area contributed by atoms with E-state index >= 15 is 0 Å². The Bertz CT molecular complexity index is 821. The van der Waals surface area contributed by atoms with E-state index in [4.69, 9.17) is 0 Å². The number of phenols is 1. The van der Waals surface area contributed by atoms with Gasteiger partial charge in [0.1, 0.15) is 5.75 Å². The number of rotatable bonds is 2. The predicted molar refractivity (Wildman–Crippen MR) is 93.3 cm³/mol. The molecule has 1 N–H and O–H groups in total. The van der Waals surface area contributed by atoms with Gasteiger partial charge in [-0.05, 0) is 47.4 Å². The van der Waals surface area contributed by atoms with E-state index in [-0.39, 0.29) is 11.2 Å². The molecule has 3 aromatic rings. The number of hydrogen-bond donors (Lipinski definition) is 1.